The number of aromatic nitrogens is 2. The molecule has 1 aromatic heterocycles. The second-order valence-corrected chi connectivity index (χ2v) is 7.21. The van der Waals surface area contributed by atoms with Crippen LogP contribution in [0, 0.1) is 18.3 Å². The van der Waals surface area contributed by atoms with E-state index in [2.05, 4.69) is 38.5 Å². The number of amides is 1. The van der Waals surface area contributed by atoms with E-state index in [-0.39, 0.29) is 11.9 Å². The lowest BCUT2D eigenvalue weighted by Gasteiger charge is -2.19. The number of aliphatic hydroxyl groups excluding tert-OH is 1. The molecule has 1 unspecified atom stereocenters. The Kier molecular flexibility index (Phi) is 6.62. The third kappa shape index (κ3) is 5.21. The molecule has 0 bridgehead atoms. The highest BCUT2D eigenvalue weighted by atomic mass is 16.3. The molecule has 8 heteroatoms. The third-order valence-corrected chi connectivity index (χ3v) is 4.91. The Bertz CT molecular complexity index is 924. The zero-order valence-corrected chi connectivity index (χ0v) is 16.8. The number of hydrogen-bond acceptors (Lipinski definition) is 7. The fourth-order valence-electron chi connectivity index (χ4n) is 3.39. The van der Waals surface area contributed by atoms with E-state index in [4.69, 9.17) is 5.11 Å². The van der Waals surface area contributed by atoms with E-state index >= 15 is 0 Å². The van der Waals surface area contributed by atoms with Gasteiger partial charge in [-0.05, 0) is 37.5 Å². The Morgan fingerprint density at radius 3 is 2.93 bits per heavy atom. The summed E-state index contributed by atoms with van der Waals surface area (Å²) in [5, 5.41) is 24.2. The molecule has 0 radical (unpaired) electrons. The van der Waals surface area contributed by atoms with Crippen LogP contribution in [-0.2, 0) is 11.2 Å². The summed E-state index contributed by atoms with van der Waals surface area (Å²) in [6.07, 6.45) is 2.60. The van der Waals surface area contributed by atoms with Gasteiger partial charge in [-0.1, -0.05) is 19.4 Å². The van der Waals surface area contributed by atoms with Gasteiger partial charge in [-0.3, -0.25) is 4.79 Å². The SMILES string of the molecule is CCCc1cc(N2CCC(NC(=O)CO)C2)nc(Nc2ccc(C)c(C#N)c2)n1. The molecule has 0 aliphatic carbocycles. The van der Waals surface area contributed by atoms with Crippen LogP contribution in [0.25, 0.3) is 0 Å². The van der Waals surface area contributed by atoms with Gasteiger partial charge >= 0.3 is 0 Å². The fourth-order valence-corrected chi connectivity index (χ4v) is 3.39. The van der Waals surface area contributed by atoms with Gasteiger partial charge in [0, 0.05) is 36.6 Å². The van der Waals surface area contributed by atoms with E-state index < -0.39 is 6.61 Å². The van der Waals surface area contributed by atoms with Crippen LogP contribution in [-0.4, -0.2) is 46.7 Å². The van der Waals surface area contributed by atoms with Crippen molar-refractivity contribution in [3.8, 4) is 6.07 Å². The van der Waals surface area contributed by atoms with Gasteiger partial charge < -0.3 is 20.6 Å². The van der Waals surface area contributed by atoms with E-state index in [9.17, 15) is 10.1 Å². The minimum Gasteiger partial charge on any atom is -0.387 e. The van der Waals surface area contributed by atoms with Crippen LogP contribution in [0.4, 0.5) is 17.5 Å². The summed E-state index contributed by atoms with van der Waals surface area (Å²) in [5.74, 6) is 0.932. The van der Waals surface area contributed by atoms with Gasteiger partial charge in [0.25, 0.3) is 0 Å². The van der Waals surface area contributed by atoms with E-state index in [1.165, 1.54) is 0 Å². The lowest BCUT2D eigenvalue weighted by atomic mass is 10.1. The predicted molar refractivity (Wildman–Crippen MR) is 111 cm³/mol. The number of carbonyl (C=O) groups excluding carboxylic acids is 1. The molecular weight excluding hydrogens is 368 g/mol. The zero-order chi connectivity index (χ0) is 20.8. The van der Waals surface area contributed by atoms with Crippen molar-refractivity contribution >= 4 is 23.4 Å². The maximum absolute atomic E-state index is 11.4. The van der Waals surface area contributed by atoms with E-state index in [0.29, 0.717) is 18.1 Å². The van der Waals surface area contributed by atoms with Crippen molar-refractivity contribution in [2.24, 2.45) is 0 Å². The van der Waals surface area contributed by atoms with Crippen LogP contribution in [0.1, 0.15) is 36.6 Å². The van der Waals surface area contributed by atoms with Gasteiger partial charge in [-0.15, -0.1) is 0 Å². The monoisotopic (exact) mass is 394 g/mol. The Hall–Kier alpha value is -3.18. The molecule has 29 heavy (non-hydrogen) atoms. The summed E-state index contributed by atoms with van der Waals surface area (Å²) in [6, 6.07) is 9.76. The molecule has 1 saturated heterocycles. The molecule has 152 valence electrons. The van der Waals surface area contributed by atoms with Crippen molar-refractivity contribution in [2.75, 3.05) is 29.9 Å². The highest BCUT2D eigenvalue weighted by Crippen LogP contribution is 2.24. The molecule has 8 nitrogen and oxygen atoms in total. The van der Waals surface area contributed by atoms with Gasteiger partial charge in [0.1, 0.15) is 12.4 Å². The van der Waals surface area contributed by atoms with Crippen molar-refractivity contribution in [3.05, 3.63) is 41.1 Å². The summed E-state index contributed by atoms with van der Waals surface area (Å²) in [7, 11) is 0. The molecule has 1 aromatic carbocycles. The average molecular weight is 394 g/mol. The highest BCUT2D eigenvalue weighted by Gasteiger charge is 2.25. The second-order valence-electron chi connectivity index (χ2n) is 7.21. The molecule has 1 fully saturated rings. The van der Waals surface area contributed by atoms with E-state index in [0.717, 1.165) is 48.6 Å². The third-order valence-electron chi connectivity index (χ3n) is 4.91. The average Bonchev–Trinajstić information content (AvgIpc) is 3.18. The Morgan fingerprint density at radius 2 is 2.21 bits per heavy atom. The van der Waals surface area contributed by atoms with Crippen LogP contribution < -0.4 is 15.5 Å². The number of aliphatic hydroxyl groups is 1. The first-order chi connectivity index (χ1) is 14.0. The molecule has 1 amide bonds. The van der Waals surface area contributed by atoms with Crippen LogP contribution in [0.3, 0.4) is 0 Å². The molecule has 1 aliphatic rings. The Labute approximate surface area is 170 Å². The highest BCUT2D eigenvalue weighted by molar-refractivity contribution is 5.77. The number of rotatable bonds is 7. The Balaban J connectivity index is 1.81. The standard InChI is InChI=1S/C21H26N6O2/c1-3-4-16-10-19(27-8-7-18(12-27)23-20(29)13-28)26-21(24-16)25-17-6-5-14(2)15(9-17)11-22/h5-6,9-10,18,28H,3-4,7-8,12-13H2,1-2H3,(H,23,29)(H,24,25,26). The largest absolute Gasteiger partial charge is 0.387 e. The zero-order valence-electron chi connectivity index (χ0n) is 16.8. The second kappa shape index (κ2) is 9.34. The molecule has 3 N–H and O–H groups in total. The first-order valence-corrected chi connectivity index (χ1v) is 9.83. The number of carbonyl (C=O) groups is 1. The van der Waals surface area contributed by atoms with Gasteiger partial charge in [0.05, 0.1) is 11.6 Å². The first kappa shape index (κ1) is 20.6. The summed E-state index contributed by atoms with van der Waals surface area (Å²) in [6.45, 7) is 4.90. The molecule has 1 atom stereocenters. The first-order valence-electron chi connectivity index (χ1n) is 9.83. The minimum absolute atomic E-state index is 0.00839. The Morgan fingerprint density at radius 1 is 1.38 bits per heavy atom. The van der Waals surface area contributed by atoms with Crippen molar-refractivity contribution in [3.63, 3.8) is 0 Å². The van der Waals surface area contributed by atoms with Crippen molar-refractivity contribution in [1.82, 2.24) is 15.3 Å². The molecule has 0 spiro atoms. The van der Waals surface area contributed by atoms with Crippen LogP contribution in [0.5, 0.6) is 0 Å². The number of aryl methyl sites for hydroxylation is 2. The smallest absolute Gasteiger partial charge is 0.245 e. The normalized spacial score (nSPS) is 15.8. The molecule has 2 heterocycles. The summed E-state index contributed by atoms with van der Waals surface area (Å²) >= 11 is 0. The van der Waals surface area contributed by atoms with Crippen LogP contribution in [0.2, 0.25) is 0 Å². The molecule has 1 aliphatic heterocycles. The lowest BCUT2D eigenvalue weighted by Crippen LogP contribution is -2.38. The molecule has 3 rings (SSSR count). The van der Waals surface area contributed by atoms with Crippen LogP contribution in [0.15, 0.2) is 24.3 Å². The maximum Gasteiger partial charge on any atom is 0.245 e. The summed E-state index contributed by atoms with van der Waals surface area (Å²) in [4.78, 5) is 22.8. The van der Waals surface area contributed by atoms with Crippen molar-refractivity contribution in [1.29, 1.82) is 5.26 Å². The minimum atomic E-state index is -0.500. The molecular formula is C21H26N6O2. The molecule has 0 saturated carbocycles. The van der Waals surface area contributed by atoms with Gasteiger partial charge in [0.15, 0.2) is 0 Å². The lowest BCUT2D eigenvalue weighted by molar-refractivity contribution is -0.124. The number of hydrogen-bond donors (Lipinski definition) is 3. The quantitative estimate of drug-likeness (QED) is 0.658. The van der Waals surface area contributed by atoms with Gasteiger partial charge in [-0.25, -0.2) is 4.98 Å². The number of nitrogens with zero attached hydrogens (tertiary/aromatic N) is 4. The van der Waals surface area contributed by atoms with E-state index in [1.54, 1.807) is 6.07 Å². The predicted octanol–water partition coefficient (Wildman–Crippen LogP) is 2.04. The van der Waals surface area contributed by atoms with Crippen molar-refractivity contribution in [2.45, 2.75) is 39.2 Å². The number of nitriles is 1. The number of benzene rings is 1. The fraction of sp³-hybridized carbons (Fsp3) is 0.429. The van der Waals surface area contributed by atoms with E-state index in [1.807, 2.05) is 25.1 Å². The maximum atomic E-state index is 11.4. The number of anilines is 3. The topological polar surface area (TPSA) is 114 Å². The molecule has 2 aromatic rings. The number of nitrogens with one attached hydrogen (secondary N) is 2. The summed E-state index contributed by atoms with van der Waals surface area (Å²) in [5.41, 5.74) is 3.24. The summed E-state index contributed by atoms with van der Waals surface area (Å²) < 4.78 is 0. The van der Waals surface area contributed by atoms with Gasteiger partial charge in [0.2, 0.25) is 11.9 Å². The van der Waals surface area contributed by atoms with Crippen molar-refractivity contribution < 1.29 is 9.90 Å². The van der Waals surface area contributed by atoms with Gasteiger partial charge in [-0.2, -0.15) is 10.2 Å². The van der Waals surface area contributed by atoms with Crippen LogP contribution >= 0.6 is 0 Å².